The van der Waals surface area contributed by atoms with Crippen LogP contribution in [0.1, 0.15) is 19.8 Å². The fourth-order valence-electron chi connectivity index (χ4n) is 1.97. The molecule has 2 aromatic carbocycles. The third-order valence-corrected chi connectivity index (χ3v) is 3.12. The van der Waals surface area contributed by atoms with Crippen molar-refractivity contribution in [3.8, 4) is 5.75 Å². The SMILES string of the molecule is CC(=O)N(O)CCCCOc1ccc2ccccc2c1. The Kier molecular flexibility index (Phi) is 4.96. The molecule has 4 nitrogen and oxygen atoms in total. The molecule has 0 aliphatic heterocycles. The Morgan fingerprint density at radius 1 is 1.15 bits per heavy atom. The lowest BCUT2D eigenvalue weighted by atomic mass is 10.1. The standard InChI is InChI=1S/C16H19NO3/c1-13(18)17(19)10-4-5-11-20-16-9-8-14-6-2-3-7-15(14)12-16/h2-3,6-9,12,19H,4-5,10-11H2,1H3. The highest BCUT2D eigenvalue weighted by Crippen LogP contribution is 2.20. The molecule has 1 amide bonds. The highest BCUT2D eigenvalue weighted by atomic mass is 16.5. The highest BCUT2D eigenvalue weighted by Gasteiger charge is 2.03. The third kappa shape index (κ3) is 3.96. The summed E-state index contributed by atoms with van der Waals surface area (Å²) in [5, 5.41) is 12.3. The van der Waals surface area contributed by atoms with E-state index >= 15 is 0 Å². The molecule has 0 atom stereocenters. The Balaban J connectivity index is 1.77. The number of rotatable bonds is 6. The smallest absolute Gasteiger partial charge is 0.242 e. The van der Waals surface area contributed by atoms with Crippen molar-refractivity contribution in [3.05, 3.63) is 42.5 Å². The van der Waals surface area contributed by atoms with E-state index in [0.29, 0.717) is 19.6 Å². The van der Waals surface area contributed by atoms with Crippen molar-refractivity contribution in [2.45, 2.75) is 19.8 Å². The van der Waals surface area contributed by atoms with Crippen LogP contribution < -0.4 is 4.74 Å². The lowest BCUT2D eigenvalue weighted by molar-refractivity contribution is -0.162. The predicted molar refractivity (Wildman–Crippen MR) is 77.9 cm³/mol. The van der Waals surface area contributed by atoms with Gasteiger partial charge in [-0.3, -0.25) is 10.0 Å². The minimum atomic E-state index is -0.333. The zero-order chi connectivity index (χ0) is 14.4. The molecule has 0 bridgehead atoms. The number of nitrogens with zero attached hydrogens (tertiary/aromatic N) is 1. The van der Waals surface area contributed by atoms with E-state index in [9.17, 15) is 10.0 Å². The summed E-state index contributed by atoms with van der Waals surface area (Å²) < 4.78 is 5.67. The Morgan fingerprint density at radius 2 is 1.90 bits per heavy atom. The second-order valence-electron chi connectivity index (χ2n) is 4.71. The molecule has 20 heavy (non-hydrogen) atoms. The molecule has 0 saturated carbocycles. The van der Waals surface area contributed by atoms with Gasteiger partial charge in [-0.25, -0.2) is 5.06 Å². The van der Waals surface area contributed by atoms with Gasteiger partial charge in [0.2, 0.25) is 5.91 Å². The van der Waals surface area contributed by atoms with Crippen LogP contribution in [0, 0.1) is 0 Å². The maximum Gasteiger partial charge on any atom is 0.242 e. The largest absolute Gasteiger partial charge is 0.494 e. The molecule has 0 aliphatic rings. The summed E-state index contributed by atoms with van der Waals surface area (Å²) >= 11 is 0. The first kappa shape index (κ1) is 14.3. The van der Waals surface area contributed by atoms with Gasteiger partial charge in [-0.1, -0.05) is 30.3 Å². The number of ether oxygens (including phenoxy) is 1. The first-order valence-electron chi connectivity index (χ1n) is 6.75. The normalized spacial score (nSPS) is 10.5. The van der Waals surface area contributed by atoms with E-state index < -0.39 is 0 Å². The van der Waals surface area contributed by atoms with Crippen LogP contribution in [0.15, 0.2) is 42.5 Å². The van der Waals surface area contributed by atoms with Gasteiger partial charge in [0.25, 0.3) is 0 Å². The molecule has 2 rings (SSSR count). The second kappa shape index (κ2) is 6.91. The number of carbonyl (C=O) groups is 1. The Morgan fingerprint density at radius 3 is 2.65 bits per heavy atom. The zero-order valence-corrected chi connectivity index (χ0v) is 11.6. The predicted octanol–water partition coefficient (Wildman–Crippen LogP) is 3.24. The fraction of sp³-hybridized carbons (Fsp3) is 0.312. The minimum Gasteiger partial charge on any atom is -0.494 e. The van der Waals surface area contributed by atoms with Crippen LogP contribution in [0.5, 0.6) is 5.75 Å². The average Bonchev–Trinajstić information content (AvgIpc) is 2.46. The second-order valence-corrected chi connectivity index (χ2v) is 4.71. The van der Waals surface area contributed by atoms with Gasteiger partial charge < -0.3 is 4.74 Å². The summed E-state index contributed by atoms with van der Waals surface area (Å²) in [4.78, 5) is 10.8. The zero-order valence-electron chi connectivity index (χ0n) is 11.6. The molecule has 1 N–H and O–H groups in total. The quantitative estimate of drug-likeness (QED) is 0.499. The number of amides is 1. The topological polar surface area (TPSA) is 49.8 Å². The molecule has 0 saturated heterocycles. The monoisotopic (exact) mass is 273 g/mol. The van der Waals surface area contributed by atoms with Gasteiger partial charge in [-0.2, -0.15) is 0 Å². The fourth-order valence-corrected chi connectivity index (χ4v) is 1.97. The molecule has 0 heterocycles. The number of unbranched alkanes of at least 4 members (excludes halogenated alkanes) is 1. The van der Waals surface area contributed by atoms with Crippen LogP contribution in [-0.4, -0.2) is 29.3 Å². The van der Waals surface area contributed by atoms with Crippen LogP contribution in [0.4, 0.5) is 0 Å². The number of benzene rings is 2. The number of carbonyl (C=O) groups excluding carboxylic acids is 1. The summed E-state index contributed by atoms with van der Waals surface area (Å²) in [6, 6.07) is 14.1. The van der Waals surface area contributed by atoms with Gasteiger partial charge in [-0.05, 0) is 35.7 Å². The van der Waals surface area contributed by atoms with Crippen molar-refractivity contribution >= 4 is 16.7 Å². The van der Waals surface area contributed by atoms with Gasteiger partial charge in [0, 0.05) is 13.5 Å². The maximum atomic E-state index is 10.8. The molecule has 0 fully saturated rings. The van der Waals surface area contributed by atoms with Crippen molar-refractivity contribution in [1.82, 2.24) is 5.06 Å². The Labute approximate surface area is 118 Å². The summed E-state index contributed by atoms with van der Waals surface area (Å²) in [6.07, 6.45) is 1.50. The highest BCUT2D eigenvalue weighted by molar-refractivity contribution is 5.83. The van der Waals surface area contributed by atoms with Crippen molar-refractivity contribution in [2.75, 3.05) is 13.2 Å². The van der Waals surface area contributed by atoms with E-state index in [0.717, 1.165) is 22.6 Å². The van der Waals surface area contributed by atoms with Crippen molar-refractivity contribution in [3.63, 3.8) is 0 Å². The van der Waals surface area contributed by atoms with Gasteiger partial charge in [0.15, 0.2) is 0 Å². The number of hydrogen-bond donors (Lipinski definition) is 1. The molecule has 0 radical (unpaired) electrons. The van der Waals surface area contributed by atoms with Crippen LogP contribution in [0.25, 0.3) is 10.8 Å². The molecule has 0 aromatic heterocycles. The van der Waals surface area contributed by atoms with Gasteiger partial charge in [-0.15, -0.1) is 0 Å². The van der Waals surface area contributed by atoms with E-state index in [2.05, 4.69) is 12.1 Å². The first-order valence-corrected chi connectivity index (χ1v) is 6.75. The molecule has 0 spiro atoms. The number of hydroxylamine groups is 2. The lowest BCUT2D eigenvalue weighted by Crippen LogP contribution is -2.25. The third-order valence-electron chi connectivity index (χ3n) is 3.12. The Bertz CT molecular complexity index is 583. The first-order chi connectivity index (χ1) is 9.66. The molecule has 0 aliphatic carbocycles. The van der Waals surface area contributed by atoms with Gasteiger partial charge in [0.1, 0.15) is 5.75 Å². The van der Waals surface area contributed by atoms with E-state index in [1.165, 1.54) is 12.3 Å². The molecule has 2 aromatic rings. The Hall–Kier alpha value is -2.07. The van der Waals surface area contributed by atoms with E-state index in [4.69, 9.17) is 4.74 Å². The van der Waals surface area contributed by atoms with Gasteiger partial charge in [0.05, 0.1) is 6.61 Å². The molecule has 4 heteroatoms. The number of hydrogen-bond acceptors (Lipinski definition) is 3. The van der Waals surface area contributed by atoms with Crippen molar-refractivity contribution < 1.29 is 14.7 Å². The van der Waals surface area contributed by atoms with E-state index in [1.807, 2.05) is 30.3 Å². The van der Waals surface area contributed by atoms with Crippen LogP contribution in [0.2, 0.25) is 0 Å². The van der Waals surface area contributed by atoms with Crippen LogP contribution >= 0.6 is 0 Å². The van der Waals surface area contributed by atoms with Gasteiger partial charge >= 0.3 is 0 Å². The van der Waals surface area contributed by atoms with Crippen LogP contribution in [-0.2, 0) is 4.79 Å². The van der Waals surface area contributed by atoms with E-state index in [-0.39, 0.29) is 5.91 Å². The van der Waals surface area contributed by atoms with Crippen molar-refractivity contribution in [2.24, 2.45) is 0 Å². The molecule has 0 unspecified atom stereocenters. The average molecular weight is 273 g/mol. The van der Waals surface area contributed by atoms with E-state index in [1.54, 1.807) is 0 Å². The molecular weight excluding hydrogens is 254 g/mol. The summed E-state index contributed by atoms with van der Waals surface area (Å²) in [6.45, 7) is 2.26. The summed E-state index contributed by atoms with van der Waals surface area (Å²) in [5.74, 6) is 0.511. The summed E-state index contributed by atoms with van der Waals surface area (Å²) in [7, 11) is 0. The molecular formula is C16H19NO3. The minimum absolute atomic E-state index is 0.333. The molecule has 106 valence electrons. The van der Waals surface area contributed by atoms with Crippen molar-refractivity contribution in [1.29, 1.82) is 0 Å². The maximum absolute atomic E-state index is 10.8. The number of fused-ring (bicyclic) bond motifs is 1. The lowest BCUT2D eigenvalue weighted by Gasteiger charge is -2.12. The summed E-state index contributed by atoms with van der Waals surface area (Å²) in [5.41, 5.74) is 0. The van der Waals surface area contributed by atoms with Crippen LogP contribution in [0.3, 0.4) is 0 Å².